The van der Waals surface area contributed by atoms with Crippen molar-refractivity contribution in [3.8, 4) is 0 Å². The van der Waals surface area contributed by atoms with Crippen LogP contribution >= 0.6 is 22.6 Å². The first-order chi connectivity index (χ1) is 7.80. The fraction of sp³-hybridized carbons (Fsp3) is 0.333. The Bertz CT molecular complexity index is 417. The lowest BCUT2D eigenvalue weighted by molar-refractivity contribution is -0.146. The number of carbonyl (C=O) groups is 2. The van der Waals surface area contributed by atoms with Crippen LogP contribution in [-0.2, 0) is 16.1 Å². The molecule has 0 aliphatic heterocycles. The largest absolute Gasteiger partial charge is 0.478 e. The number of rotatable bonds is 4. The highest BCUT2D eigenvalue weighted by atomic mass is 127. The number of esters is 1. The monoisotopic (exact) mass is 348 g/mol. The number of carboxylic acids is 1. The number of alkyl halides is 1. The number of aromatic carboxylic acids is 1. The van der Waals surface area contributed by atoms with Gasteiger partial charge in [-0.2, -0.15) is 0 Å². The Morgan fingerprint density at radius 1 is 1.29 bits per heavy atom. The Kier molecular flexibility index (Phi) is 4.50. The summed E-state index contributed by atoms with van der Waals surface area (Å²) in [7, 11) is 0. The lowest BCUT2D eigenvalue weighted by atomic mass is 10.1. The minimum Gasteiger partial charge on any atom is -0.478 e. The van der Waals surface area contributed by atoms with E-state index in [0.29, 0.717) is 0 Å². The SMILES string of the molecule is CC(C)(I)C(=O)OCc1ccc(C(=O)O)cc1. The van der Waals surface area contributed by atoms with Crippen LogP contribution in [0.2, 0.25) is 0 Å². The van der Waals surface area contributed by atoms with E-state index in [2.05, 4.69) is 0 Å². The summed E-state index contributed by atoms with van der Waals surface area (Å²) in [5.74, 6) is -1.26. The van der Waals surface area contributed by atoms with E-state index >= 15 is 0 Å². The average molecular weight is 348 g/mol. The Hall–Kier alpha value is -1.11. The molecule has 5 heteroatoms. The summed E-state index contributed by atoms with van der Waals surface area (Å²) in [6.07, 6.45) is 0. The standard InChI is InChI=1S/C12H13IO4/c1-12(2,13)11(16)17-7-8-3-5-9(6-4-8)10(14)15/h3-6H,7H2,1-2H3,(H,14,15). The Labute approximate surface area is 113 Å². The molecule has 0 amide bonds. The highest BCUT2D eigenvalue weighted by Crippen LogP contribution is 2.19. The summed E-state index contributed by atoms with van der Waals surface area (Å²) in [5.41, 5.74) is 0.985. The van der Waals surface area contributed by atoms with Crippen LogP contribution in [0, 0.1) is 0 Å². The molecule has 0 fully saturated rings. The summed E-state index contributed by atoms with van der Waals surface area (Å²) < 4.78 is 4.54. The number of carbonyl (C=O) groups excluding carboxylic acids is 1. The topological polar surface area (TPSA) is 63.6 Å². The van der Waals surface area contributed by atoms with Gasteiger partial charge in [0.2, 0.25) is 0 Å². The summed E-state index contributed by atoms with van der Waals surface area (Å²) >= 11 is 2.01. The Morgan fingerprint density at radius 2 is 1.82 bits per heavy atom. The Morgan fingerprint density at radius 3 is 2.24 bits per heavy atom. The molecule has 4 nitrogen and oxygen atoms in total. The molecule has 0 heterocycles. The van der Waals surface area contributed by atoms with Gasteiger partial charge in [0.1, 0.15) is 10.0 Å². The molecule has 1 aromatic carbocycles. The molecule has 0 radical (unpaired) electrons. The van der Waals surface area contributed by atoms with Gasteiger partial charge in [-0.15, -0.1) is 0 Å². The van der Waals surface area contributed by atoms with Gasteiger partial charge in [0.05, 0.1) is 5.56 Å². The van der Waals surface area contributed by atoms with Crippen molar-refractivity contribution < 1.29 is 19.4 Å². The van der Waals surface area contributed by atoms with Crippen molar-refractivity contribution in [3.63, 3.8) is 0 Å². The van der Waals surface area contributed by atoms with Crippen LogP contribution in [0.1, 0.15) is 29.8 Å². The van der Waals surface area contributed by atoms with E-state index in [1.54, 1.807) is 26.0 Å². The van der Waals surface area contributed by atoms with E-state index in [4.69, 9.17) is 9.84 Å². The van der Waals surface area contributed by atoms with Crippen molar-refractivity contribution in [3.05, 3.63) is 35.4 Å². The number of hydrogen-bond donors (Lipinski definition) is 1. The Balaban J connectivity index is 2.59. The van der Waals surface area contributed by atoms with Crippen molar-refractivity contribution in [1.82, 2.24) is 0 Å². The average Bonchev–Trinajstić information content (AvgIpc) is 2.25. The number of hydrogen-bond acceptors (Lipinski definition) is 3. The van der Waals surface area contributed by atoms with Crippen LogP contribution in [0.5, 0.6) is 0 Å². The second-order valence-electron chi connectivity index (χ2n) is 4.05. The molecule has 0 unspecified atom stereocenters. The molecule has 0 saturated heterocycles. The third kappa shape index (κ3) is 4.33. The summed E-state index contributed by atoms with van der Waals surface area (Å²) in [5, 5.41) is 8.71. The van der Waals surface area contributed by atoms with E-state index in [9.17, 15) is 9.59 Å². The van der Waals surface area contributed by atoms with Gasteiger partial charge < -0.3 is 9.84 Å². The summed E-state index contributed by atoms with van der Waals surface area (Å²) in [6, 6.07) is 6.25. The van der Waals surface area contributed by atoms with E-state index in [0.717, 1.165) is 5.56 Å². The van der Waals surface area contributed by atoms with Gasteiger partial charge in [-0.1, -0.05) is 34.7 Å². The van der Waals surface area contributed by atoms with Crippen LogP contribution in [-0.4, -0.2) is 20.5 Å². The van der Waals surface area contributed by atoms with Gasteiger partial charge in [-0.25, -0.2) is 4.79 Å². The molecule has 1 aromatic rings. The highest BCUT2D eigenvalue weighted by Gasteiger charge is 2.25. The van der Waals surface area contributed by atoms with Crippen molar-refractivity contribution >= 4 is 34.5 Å². The third-order valence-corrected chi connectivity index (χ3v) is 2.50. The fourth-order valence-corrected chi connectivity index (χ4v) is 1.22. The molecule has 1 rings (SSSR count). The molecule has 0 atom stereocenters. The molecular formula is C12H13IO4. The lowest BCUT2D eigenvalue weighted by Gasteiger charge is -2.14. The van der Waals surface area contributed by atoms with E-state index in [1.165, 1.54) is 12.1 Å². The zero-order chi connectivity index (χ0) is 13.1. The maximum atomic E-state index is 11.5. The first-order valence-corrected chi connectivity index (χ1v) is 6.07. The minimum atomic E-state index is -0.970. The summed E-state index contributed by atoms with van der Waals surface area (Å²) in [6.45, 7) is 3.69. The zero-order valence-electron chi connectivity index (χ0n) is 9.57. The quantitative estimate of drug-likeness (QED) is 0.516. The first kappa shape index (κ1) is 14.0. The van der Waals surface area contributed by atoms with Gasteiger partial charge in [0.15, 0.2) is 0 Å². The lowest BCUT2D eigenvalue weighted by Crippen LogP contribution is -2.26. The zero-order valence-corrected chi connectivity index (χ0v) is 11.7. The molecule has 0 aliphatic rings. The number of halogens is 1. The van der Waals surface area contributed by atoms with Crippen LogP contribution in [0.3, 0.4) is 0 Å². The van der Waals surface area contributed by atoms with E-state index < -0.39 is 9.39 Å². The molecule has 0 aliphatic carbocycles. The van der Waals surface area contributed by atoms with Crippen molar-refractivity contribution in [2.24, 2.45) is 0 Å². The van der Waals surface area contributed by atoms with Crippen molar-refractivity contribution in [2.45, 2.75) is 23.9 Å². The molecule has 1 N–H and O–H groups in total. The van der Waals surface area contributed by atoms with E-state index in [1.807, 2.05) is 22.6 Å². The third-order valence-electron chi connectivity index (χ3n) is 2.06. The number of carboxylic acid groups (broad SMARTS) is 1. The van der Waals surface area contributed by atoms with Crippen molar-refractivity contribution in [2.75, 3.05) is 0 Å². The molecule has 0 bridgehead atoms. The fourth-order valence-electron chi connectivity index (χ4n) is 1.06. The highest BCUT2D eigenvalue weighted by molar-refractivity contribution is 14.1. The van der Waals surface area contributed by atoms with Crippen LogP contribution in [0.25, 0.3) is 0 Å². The number of benzene rings is 1. The molecule has 0 saturated carbocycles. The summed E-state index contributed by atoms with van der Waals surface area (Å²) in [4.78, 5) is 22.1. The van der Waals surface area contributed by atoms with Gasteiger partial charge >= 0.3 is 11.9 Å². The molecule has 0 spiro atoms. The predicted molar refractivity (Wildman–Crippen MR) is 71.3 cm³/mol. The molecule has 17 heavy (non-hydrogen) atoms. The van der Waals surface area contributed by atoms with Gasteiger partial charge in [0, 0.05) is 0 Å². The van der Waals surface area contributed by atoms with E-state index in [-0.39, 0.29) is 18.1 Å². The van der Waals surface area contributed by atoms with Crippen LogP contribution < -0.4 is 0 Å². The maximum Gasteiger partial charge on any atom is 0.335 e. The second kappa shape index (κ2) is 5.48. The molecule has 0 aromatic heterocycles. The van der Waals surface area contributed by atoms with Crippen LogP contribution in [0.4, 0.5) is 0 Å². The van der Waals surface area contributed by atoms with Crippen molar-refractivity contribution in [1.29, 1.82) is 0 Å². The first-order valence-electron chi connectivity index (χ1n) is 4.99. The van der Waals surface area contributed by atoms with Gasteiger partial charge in [0.25, 0.3) is 0 Å². The van der Waals surface area contributed by atoms with Gasteiger partial charge in [-0.05, 0) is 31.5 Å². The predicted octanol–water partition coefficient (Wildman–Crippen LogP) is 2.64. The molecule has 92 valence electrons. The number of ether oxygens (including phenoxy) is 1. The van der Waals surface area contributed by atoms with Gasteiger partial charge in [-0.3, -0.25) is 4.79 Å². The smallest absolute Gasteiger partial charge is 0.335 e. The van der Waals surface area contributed by atoms with Crippen LogP contribution in [0.15, 0.2) is 24.3 Å². The molecular weight excluding hydrogens is 335 g/mol. The normalized spacial score (nSPS) is 11.0. The minimum absolute atomic E-state index is 0.158. The second-order valence-corrected chi connectivity index (χ2v) is 6.75. The maximum absolute atomic E-state index is 11.5.